The van der Waals surface area contributed by atoms with Crippen LogP contribution in [0.5, 0.6) is 0 Å². The van der Waals surface area contributed by atoms with Crippen molar-refractivity contribution in [1.82, 2.24) is 10.3 Å². The van der Waals surface area contributed by atoms with E-state index in [2.05, 4.69) is 37.9 Å². The molecule has 2 rings (SSSR count). The highest BCUT2D eigenvalue weighted by Gasteiger charge is 2.28. The molecule has 0 bridgehead atoms. The molecule has 1 aliphatic heterocycles. The lowest BCUT2D eigenvalue weighted by Gasteiger charge is -2.38. The average Bonchev–Trinajstić information content (AvgIpc) is 2.90. The van der Waals surface area contributed by atoms with Crippen molar-refractivity contribution in [3.05, 3.63) is 10.6 Å². The number of aryl methyl sites for hydroxylation is 1. The van der Waals surface area contributed by atoms with Crippen molar-refractivity contribution in [2.75, 3.05) is 24.6 Å². The van der Waals surface area contributed by atoms with E-state index in [1.807, 2.05) is 11.3 Å². The van der Waals surface area contributed by atoms with E-state index < -0.39 is 0 Å². The Bertz CT molecular complexity index is 435. The third kappa shape index (κ3) is 4.18. The van der Waals surface area contributed by atoms with Crippen LogP contribution in [-0.2, 0) is 17.7 Å². The lowest BCUT2D eigenvalue weighted by molar-refractivity contribution is 0.0299. The van der Waals surface area contributed by atoms with Crippen LogP contribution in [0.2, 0.25) is 0 Å². The van der Waals surface area contributed by atoms with Crippen LogP contribution in [0.3, 0.4) is 0 Å². The second-order valence-electron chi connectivity index (χ2n) is 5.76. The van der Waals surface area contributed by atoms with Crippen molar-refractivity contribution in [3.63, 3.8) is 0 Å². The highest BCUT2D eigenvalue weighted by atomic mass is 32.1. The summed E-state index contributed by atoms with van der Waals surface area (Å²) in [6.45, 7) is 12.6. The predicted octanol–water partition coefficient (Wildman–Crippen LogP) is 3.21. The highest BCUT2D eigenvalue weighted by Crippen LogP contribution is 2.31. The van der Waals surface area contributed by atoms with Crippen molar-refractivity contribution in [2.24, 2.45) is 0 Å². The summed E-state index contributed by atoms with van der Waals surface area (Å²) in [5.74, 6) is 0. The minimum Gasteiger partial charge on any atom is -0.375 e. The summed E-state index contributed by atoms with van der Waals surface area (Å²) in [6, 6.07) is 0.466. The molecule has 2 atom stereocenters. The van der Waals surface area contributed by atoms with E-state index >= 15 is 0 Å². The third-order valence-corrected chi connectivity index (χ3v) is 5.13. The van der Waals surface area contributed by atoms with Crippen molar-refractivity contribution in [3.8, 4) is 0 Å². The van der Waals surface area contributed by atoms with Crippen molar-refractivity contribution in [1.29, 1.82) is 0 Å². The van der Waals surface area contributed by atoms with Gasteiger partial charge in [0.25, 0.3) is 0 Å². The van der Waals surface area contributed by atoms with Gasteiger partial charge in [-0.3, -0.25) is 0 Å². The summed E-state index contributed by atoms with van der Waals surface area (Å²) in [4.78, 5) is 8.77. The molecule has 2 heterocycles. The lowest BCUT2D eigenvalue weighted by atomic mass is 10.1. The van der Waals surface area contributed by atoms with Gasteiger partial charge in [0.1, 0.15) is 0 Å². The molecule has 1 N–H and O–H groups in total. The van der Waals surface area contributed by atoms with Crippen LogP contribution in [0.25, 0.3) is 0 Å². The summed E-state index contributed by atoms with van der Waals surface area (Å²) in [5, 5.41) is 4.69. The van der Waals surface area contributed by atoms with Crippen molar-refractivity contribution >= 4 is 16.5 Å². The van der Waals surface area contributed by atoms with Gasteiger partial charge in [-0.25, -0.2) is 4.98 Å². The smallest absolute Gasteiger partial charge is 0.186 e. The standard InChI is InChI=1S/C16H29N3OS/c1-5-8-17-9-15-14(7-3)18-16(21-15)19-10-12(4)20-11-13(19)6-2/h12-13,17H,5-11H2,1-4H3. The monoisotopic (exact) mass is 311 g/mol. The Kier molecular flexibility index (Phi) is 6.45. The number of ether oxygens (including phenoxy) is 1. The van der Waals surface area contributed by atoms with E-state index in [-0.39, 0.29) is 0 Å². The van der Waals surface area contributed by atoms with E-state index in [9.17, 15) is 0 Å². The molecular formula is C16H29N3OS. The summed E-state index contributed by atoms with van der Waals surface area (Å²) in [6.07, 6.45) is 3.59. The number of hydrogen-bond acceptors (Lipinski definition) is 5. The molecule has 5 heteroatoms. The molecule has 0 saturated carbocycles. The van der Waals surface area contributed by atoms with Crippen LogP contribution in [0.4, 0.5) is 5.13 Å². The van der Waals surface area contributed by atoms with Crippen LogP contribution in [-0.4, -0.2) is 36.8 Å². The van der Waals surface area contributed by atoms with Gasteiger partial charge in [-0.1, -0.05) is 20.8 Å². The van der Waals surface area contributed by atoms with E-state index in [1.165, 1.54) is 22.1 Å². The maximum absolute atomic E-state index is 5.80. The average molecular weight is 311 g/mol. The first-order valence-corrected chi connectivity index (χ1v) is 9.08. The molecule has 1 aliphatic rings. The number of nitrogens with zero attached hydrogens (tertiary/aromatic N) is 2. The molecule has 0 aromatic carbocycles. The van der Waals surface area contributed by atoms with Gasteiger partial charge in [-0.2, -0.15) is 0 Å². The number of nitrogens with one attached hydrogen (secondary N) is 1. The number of aromatic nitrogens is 1. The summed E-state index contributed by atoms with van der Waals surface area (Å²) >= 11 is 1.86. The minimum atomic E-state index is 0.295. The highest BCUT2D eigenvalue weighted by molar-refractivity contribution is 7.15. The van der Waals surface area contributed by atoms with Gasteiger partial charge in [0.15, 0.2) is 5.13 Å². The zero-order valence-corrected chi connectivity index (χ0v) is 14.6. The Hall–Kier alpha value is -0.650. The first-order chi connectivity index (χ1) is 10.2. The zero-order chi connectivity index (χ0) is 15.2. The third-order valence-electron chi connectivity index (χ3n) is 4.00. The van der Waals surface area contributed by atoms with Crippen molar-refractivity contribution < 1.29 is 4.74 Å². The summed E-state index contributed by atoms with van der Waals surface area (Å²) < 4.78 is 5.80. The van der Waals surface area contributed by atoms with Gasteiger partial charge in [0.2, 0.25) is 0 Å². The van der Waals surface area contributed by atoms with Gasteiger partial charge in [-0.05, 0) is 32.7 Å². The molecule has 1 aromatic rings. The van der Waals surface area contributed by atoms with E-state index in [0.29, 0.717) is 12.1 Å². The van der Waals surface area contributed by atoms with Crippen LogP contribution in [0.1, 0.15) is 51.1 Å². The molecular weight excluding hydrogens is 282 g/mol. The van der Waals surface area contributed by atoms with Gasteiger partial charge in [0.05, 0.1) is 24.4 Å². The largest absolute Gasteiger partial charge is 0.375 e. The minimum absolute atomic E-state index is 0.295. The van der Waals surface area contributed by atoms with Gasteiger partial charge in [0, 0.05) is 18.0 Å². The Balaban J connectivity index is 2.14. The molecule has 4 nitrogen and oxygen atoms in total. The maximum atomic E-state index is 5.80. The molecule has 2 unspecified atom stereocenters. The number of rotatable bonds is 7. The zero-order valence-electron chi connectivity index (χ0n) is 13.8. The molecule has 0 radical (unpaired) electrons. The van der Waals surface area contributed by atoms with Crippen molar-refractivity contribution in [2.45, 2.75) is 65.6 Å². The van der Waals surface area contributed by atoms with Crippen LogP contribution >= 0.6 is 11.3 Å². The molecule has 1 fully saturated rings. The summed E-state index contributed by atoms with van der Waals surface area (Å²) in [7, 11) is 0. The predicted molar refractivity (Wildman–Crippen MR) is 90.3 cm³/mol. The molecule has 0 aliphatic carbocycles. The first kappa shape index (κ1) is 16.7. The number of hydrogen-bond donors (Lipinski definition) is 1. The lowest BCUT2D eigenvalue weighted by Crippen LogP contribution is -2.48. The molecule has 0 amide bonds. The fraction of sp³-hybridized carbons (Fsp3) is 0.812. The number of morpholine rings is 1. The van der Waals surface area contributed by atoms with Gasteiger partial charge >= 0.3 is 0 Å². The number of thiazole rings is 1. The topological polar surface area (TPSA) is 37.4 Å². The van der Waals surface area contributed by atoms with E-state index in [0.717, 1.165) is 39.1 Å². The second-order valence-corrected chi connectivity index (χ2v) is 6.82. The van der Waals surface area contributed by atoms with E-state index in [4.69, 9.17) is 9.72 Å². The summed E-state index contributed by atoms with van der Waals surface area (Å²) in [5.41, 5.74) is 1.26. The maximum Gasteiger partial charge on any atom is 0.186 e. The van der Waals surface area contributed by atoms with Crippen LogP contribution in [0, 0.1) is 0 Å². The van der Waals surface area contributed by atoms with Crippen LogP contribution in [0.15, 0.2) is 0 Å². The Morgan fingerprint density at radius 3 is 2.86 bits per heavy atom. The first-order valence-electron chi connectivity index (χ1n) is 8.27. The number of anilines is 1. The molecule has 1 saturated heterocycles. The molecule has 120 valence electrons. The Labute approximate surface area is 132 Å². The Morgan fingerprint density at radius 1 is 1.38 bits per heavy atom. The fourth-order valence-electron chi connectivity index (χ4n) is 2.70. The molecule has 1 aromatic heterocycles. The Morgan fingerprint density at radius 2 is 2.19 bits per heavy atom. The quantitative estimate of drug-likeness (QED) is 0.785. The van der Waals surface area contributed by atoms with E-state index in [1.54, 1.807) is 0 Å². The SMILES string of the molecule is CCCNCc1sc(N2CC(C)OCC2CC)nc1CC. The molecule has 0 spiro atoms. The van der Waals surface area contributed by atoms with Crippen LogP contribution < -0.4 is 10.2 Å². The second kappa shape index (κ2) is 8.11. The fourth-order valence-corrected chi connectivity index (χ4v) is 3.90. The normalized spacial score (nSPS) is 22.8. The van der Waals surface area contributed by atoms with Gasteiger partial charge in [-0.15, -0.1) is 11.3 Å². The molecule has 21 heavy (non-hydrogen) atoms. The van der Waals surface area contributed by atoms with Gasteiger partial charge < -0.3 is 15.0 Å².